The third-order valence-corrected chi connectivity index (χ3v) is 4.69. The molecule has 132 valence electrons. The van der Waals surface area contributed by atoms with Crippen LogP contribution in [0, 0.1) is 19.3 Å². The van der Waals surface area contributed by atoms with Crippen LogP contribution in [0.2, 0.25) is 0 Å². The molecule has 0 bridgehead atoms. The molecule has 2 heterocycles. The smallest absolute Gasteiger partial charge is 0.406 e. The van der Waals surface area contributed by atoms with Crippen molar-refractivity contribution in [3.8, 4) is 0 Å². The topological polar surface area (TPSA) is 83.4 Å². The molecule has 0 radical (unpaired) electrons. The maximum Gasteiger partial charge on any atom is 0.406 e. The van der Waals surface area contributed by atoms with Crippen molar-refractivity contribution in [2.45, 2.75) is 31.6 Å². The summed E-state index contributed by atoms with van der Waals surface area (Å²) in [6, 6.07) is 1.76. The SMILES string of the molecule is Cc1cc(C)nc(SCC(=O)N2CCC(C(=O)O)(C(F)(F)F)C2)n1. The van der Waals surface area contributed by atoms with Crippen molar-refractivity contribution < 1.29 is 27.9 Å². The van der Waals surface area contributed by atoms with Crippen molar-refractivity contribution in [1.82, 2.24) is 14.9 Å². The zero-order valence-electron chi connectivity index (χ0n) is 13.1. The average Bonchev–Trinajstić information content (AvgIpc) is 2.90. The van der Waals surface area contributed by atoms with Crippen LogP contribution in [0.3, 0.4) is 0 Å². The number of carbonyl (C=O) groups excluding carboxylic acids is 1. The number of carboxylic acids is 1. The van der Waals surface area contributed by atoms with Crippen molar-refractivity contribution in [3.63, 3.8) is 0 Å². The van der Waals surface area contributed by atoms with E-state index in [-0.39, 0.29) is 12.3 Å². The summed E-state index contributed by atoms with van der Waals surface area (Å²) in [6.45, 7) is 2.44. The van der Waals surface area contributed by atoms with E-state index in [0.717, 1.165) is 28.0 Å². The monoisotopic (exact) mass is 363 g/mol. The predicted molar refractivity (Wildman–Crippen MR) is 79.6 cm³/mol. The van der Waals surface area contributed by atoms with Crippen LogP contribution in [0.25, 0.3) is 0 Å². The molecule has 1 N–H and O–H groups in total. The van der Waals surface area contributed by atoms with Crippen LogP contribution in [-0.4, -0.2) is 56.9 Å². The number of nitrogens with zero attached hydrogens (tertiary/aromatic N) is 3. The molecule has 1 atom stereocenters. The predicted octanol–water partition coefficient (Wildman–Crippen LogP) is 2.05. The number of hydrogen-bond donors (Lipinski definition) is 1. The number of hydrogen-bond acceptors (Lipinski definition) is 5. The van der Waals surface area contributed by atoms with Crippen LogP contribution in [0.1, 0.15) is 17.8 Å². The molecule has 1 saturated heterocycles. The molecule has 2 rings (SSSR count). The van der Waals surface area contributed by atoms with Gasteiger partial charge in [-0.3, -0.25) is 9.59 Å². The molecule has 0 aromatic carbocycles. The van der Waals surface area contributed by atoms with E-state index in [9.17, 15) is 22.8 Å². The lowest BCUT2D eigenvalue weighted by Gasteiger charge is -2.27. The van der Waals surface area contributed by atoms with Crippen molar-refractivity contribution in [2.24, 2.45) is 5.41 Å². The standard InChI is InChI=1S/C14H16F3N3O3S/c1-8-5-9(2)19-12(18-8)24-6-10(21)20-4-3-13(7-20,11(22)23)14(15,16)17/h5H,3-4,6-7H2,1-2H3,(H,22,23). The van der Waals surface area contributed by atoms with Gasteiger partial charge in [0.1, 0.15) is 0 Å². The maximum absolute atomic E-state index is 13.1. The minimum atomic E-state index is -4.90. The number of rotatable bonds is 4. The van der Waals surface area contributed by atoms with Crippen molar-refractivity contribution in [2.75, 3.05) is 18.8 Å². The first-order valence-electron chi connectivity index (χ1n) is 7.08. The summed E-state index contributed by atoms with van der Waals surface area (Å²) in [5.41, 5.74) is -1.44. The Morgan fingerprint density at radius 3 is 2.38 bits per heavy atom. The van der Waals surface area contributed by atoms with E-state index >= 15 is 0 Å². The lowest BCUT2D eigenvalue weighted by atomic mass is 9.86. The van der Waals surface area contributed by atoms with Gasteiger partial charge in [-0.2, -0.15) is 13.2 Å². The number of halogens is 3. The van der Waals surface area contributed by atoms with Gasteiger partial charge < -0.3 is 10.0 Å². The molecule has 10 heteroatoms. The molecule has 1 aliphatic rings. The van der Waals surface area contributed by atoms with Gasteiger partial charge in [0.15, 0.2) is 10.6 Å². The van der Waals surface area contributed by atoms with Crippen LogP contribution in [0.15, 0.2) is 11.2 Å². The molecule has 0 spiro atoms. The molecule has 1 aromatic rings. The number of thioether (sulfide) groups is 1. The van der Waals surface area contributed by atoms with E-state index in [1.54, 1.807) is 19.9 Å². The Kier molecular flexibility index (Phi) is 5.07. The molecule has 1 unspecified atom stereocenters. The summed E-state index contributed by atoms with van der Waals surface area (Å²) >= 11 is 1.02. The number of likely N-dealkylation sites (tertiary alicyclic amines) is 1. The van der Waals surface area contributed by atoms with Gasteiger partial charge in [0, 0.05) is 24.5 Å². The summed E-state index contributed by atoms with van der Waals surface area (Å²) in [5, 5.41) is 9.35. The first kappa shape index (κ1) is 18.5. The minimum Gasteiger partial charge on any atom is -0.481 e. The van der Waals surface area contributed by atoms with E-state index in [4.69, 9.17) is 5.11 Å². The second-order valence-electron chi connectivity index (χ2n) is 5.67. The first-order valence-corrected chi connectivity index (χ1v) is 8.07. The number of amides is 1. The lowest BCUT2D eigenvalue weighted by Crippen LogP contribution is -2.48. The summed E-state index contributed by atoms with van der Waals surface area (Å²) < 4.78 is 39.3. The highest BCUT2D eigenvalue weighted by molar-refractivity contribution is 7.99. The summed E-state index contributed by atoms with van der Waals surface area (Å²) in [4.78, 5) is 32.4. The quantitative estimate of drug-likeness (QED) is 0.651. The van der Waals surface area contributed by atoms with Crippen LogP contribution in [0.5, 0.6) is 0 Å². The Bertz CT molecular complexity index is 648. The molecule has 0 aliphatic carbocycles. The summed E-state index contributed by atoms with van der Waals surface area (Å²) in [6.07, 6.45) is -5.54. The minimum absolute atomic E-state index is 0.142. The molecule has 1 fully saturated rings. The van der Waals surface area contributed by atoms with Crippen molar-refractivity contribution in [3.05, 3.63) is 17.5 Å². The molecule has 0 saturated carbocycles. The Hall–Kier alpha value is -1.84. The number of aryl methyl sites for hydroxylation is 2. The molecule has 1 aromatic heterocycles. The fourth-order valence-corrected chi connectivity index (χ4v) is 3.38. The number of aliphatic carboxylic acids is 1. The fraction of sp³-hybridized carbons (Fsp3) is 0.571. The summed E-state index contributed by atoms with van der Waals surface area (Å²) in [7, 11) is 0. The molecule has 24 heavy (non-hydrogen) atoms. The van der Waals surface area contributed by atoms with Crippen LogP contribution >= 0.6 is 11.8 Å². The van der Waals surface area contributed by atoms with E-state index < -0.39 is 36.4 Å². The number of alkyl halides is 3. The number of carbonyl (C=O) groups is 2. The zero-order valence-corrected chi connectivity index (χ0v) is 13.9. The van der Waals surface area contributed by atoms with E-state index in [2.05, 4.69) is 9.97 Å². The maximum atomic E-state index is 13.1. The van der Waals surface area contributed by atoms with Crippen LogP contribution < -0.4 is 0 Å². The van der Waals surface area contributed by atoms with Crippen LogP contribution in [-0.2, 0) is 9.59 Å². The van der Waals surface area contributed by atoms with Crippen molar-refractivity contribution >= 4 is 23.6 Å². The van der Waals surface area contributed by atoms with E-state index in [1.807, 2.05) is 0 Å². The number of aromatic nitrogens is 2. The average molecular weight is 363 g/mol. The highest BCUT2D eigenvalue weighted by Crippen LogP contribution is 2.45. The molecule has 6 nitrogen and oxygen atoms in total. The van der Waals surface area contributed by atoms with Gasteiger partial charge in [0.05, 0.1) is 5.75 Å². The van der Waals surface area contributed by atoms with Gasteiger partial charge in [-0.05, 0) is 26.3 Å². The van der Waals surface area contributed by atoms with Gasteiger partial charge in [-0.25, -0.2) is 9.97 Å². The Morgan fingerprint density at radius 1 is 1.33 bits per heavy atom. The molecular formula is C14H16F3N3O3S. The second-order valence-corrected chi connectivity index (χ2v) is 6.61. The highest BCUT2D eigenvalue weighted by atomic mass is 32.2. The largest absolute Gasteiger partial charge is 0.481 e. The number of carboxylic acid groups (broad SMARTS) is 1. The van der Waals surface area contributed by atoms with Gasteiger partial charge in [0.2, 0.25) is 5.91 Å². The van der Waals surface area contributed by atoms with Crippen LogP contribution in [0.4, 0.5) is 13.2 Å². The Balaban J connectivity index is 2.03. The highest BCUT2D eigenvalue weighted by Gasteiger charge is 2.64. The van der Waals surface area contributed by atoms with E-state index in [1.165, 1.54) is 0 Å². The Morgan fingerprint density at radius 2 is 1.92 bits per heavy atom. The second kappa shape index (κ2) is 6.58. The normalized spacial score (nSPS) is 21.1. The molecule has 1 amide bonds. The first-order chi connectivity index (χ1) is 11.0. The zero-order chi connectivity index (χ0) is 18.1. The fourth-order valence-electron chi connectivity index (χ4n) is 2.53. The molecular weight excluding hydrogens is 347 g/mol. The van der Waals surface area contributed by atoms with E-state index in [0.29, 0.717) is 5.16 Å². The van der Waals surface area contributed by atoms with Gasteiger partial charge in [0.25, 0.3) is 0 Å². The third kappa shape index (κ3) is 3.63. The third-order valence-electron chi connectivity index (χ3n) is 3.86. The van der Waals surface area contributed by atoms with Gasteiger partial charge in [-0.15, -0.1) is 0 Å². The van der Waals surface area contributed by atoms with Crippen molar-refractivity contribution in [1.29, 1.82) is 0 Å². The van der Waals surface area contributed by atoms with Gasteiger partial charge in [-0.1, -0.05) is 11.8 Å². The lowest BCUT2D eigenvalue weighted by molar-refractivity contribution is -0.227. The molecule has 1 aliphatic heterocycles. The van der Waals surface area contributed by atoms with Gasteiger partial charge >= 0.3 is 12.1 Å². The summed E-state index contributed by atoms with van der Waals surface area (Å²) in [5.74, 6) is -2.65. The Labute approximate surface area is 140 Å².